The molecule has 2 aromatic rings. The van der Waals surface area contributed by atoms with Crippen LogP contribution in [0.3, 0.4) is 0 Å². The summed E-state index contributed by atoms with van der Waals surface area (Å²) in [5, 5.41) is 1.16. The first kappa shape index (κ1) is 36.3. The predicted molar refractivity (Wildman–Crippen MR) is 195 cm³/mol. The zero-order chi connectivity index (χ0) is 35.3. The molecule has 3 saturated heterocycles. The van der Waals surface area contributed by atoms with E-state index < -0.39 is 18.3 Å². The zero-order valence-electron chi connectivity index (χ0n) is 31.4. The minimum absolute atomic E-state index is 0.164. The molecule has 0 N–H and O–H groups in total. The highest BCUT2D eigenvalue weighted by molar-refractivity contribution is 6.62. The van der Waals surface area contributed by atoms with Gasteiger partial charge in [0.25, 0.3) is 0 Å². The SMILES string of the molecule is CCn1c(C2=C([C@H](C)OC)N=CC(N3CCN4CCOC[C@@H]4C3)C2)c(CC(C)(C)COC(C)=O)c2cc(B3OC(C)(C)C(C)(C)O3)ccc21. The van der Waals surface area contributed by atoms with Gasteiger partial charge in [0, 0.05) is 86.9 Å². The molecule has 3 atom stereocenters. The molecule has 11 heteroatoms. The number of aromatic nitrogens is 1. The van der Waals surface area contributed by atoms with Gasteiger partial charge in [-0.2, -0.15) is 0 Å². The van der Waals surface area contributed by atoms with Crippen LogP contribution in [-0.2, 0) is 41.3 Å². The second kappa shape index (κ2) is 13.9. The summed E-state index contributed by atoms with van der Waals surface area (Å²) in [5.74, 6) is -0.265. The fraction of sp³-hybridized carbons (Fsp3) is 0.684. The highest BCUT2D eigenvalue weighted by atomic mass is 16.7. The van der Waals surface area contributed by atoms with E-state index in [1.807, 2.05) is 0 Å². The van der Waals surface area contributed by atoms with Gasteiger partial charge in [0.05, 0.1) is 48.5 Å². The maximum absolute atomic E-state index is 11.9. The van der Waals surface area contributed by atoms with Gasteiger partial charge in [0.2, 0.25) is 0 Å². The van der Waals surface area contributed by atoms with Gasteiger partial charge in [0.15, 0.2) is 0 Å². The van der Waals surface area contributed by atoms with Crippen LogP contribution >= 0.6 is 0 Å². The maximum Gasteiger partial charge on any atom is 0.494 e. The quantitative estimate of drug-likeness (QED) is 0.265. The van der Waals surface area contributed by atoms with E-state index in [-0.39, 0.29) is 23.5 Å². The van der Waals surface area contributed by atoms with Crippen molar-refractivity contribution in [3.63, 3.8) is 0 Å². The minimum atomic E-state index is -0.473. The van der Waals surface area contributed by atoms with Gasteiger partial charge in [-0.1, -0.05) is 26.0 Å². The summed E-state index contributed by atoms with van der Waals surface area (Å²) in [7, 11) is 1.29. The van der Waals surface area contributed by atoms with Crippen LogP contribution in [0.1, 0.15) is 80.0 Å². The molecule has 0 amide bonds. The fourth-order valence-electron chi connectivity index (χ4n) is 7.83. The van der Waals surface area contributed by atoms with E-state index >= 15 is 0 Å². The monoisotopic (exact) mass is 676 g/mol. The lowest BCUT2D eigenvalue weighted by atomic mass is 9.77. The number of hydrogen-bond acceptors (Lipinski definition) is 9. The van der Waals surface area contributed by atoms with Crippen molar-refractivity contribution in [2.75, 3.05) is 53.1 Å². The van der Waals surface area contributed by atoms with E-state index in [9.17, 15) is 4.79 Å². The lowest BCUT2D eigenvalue weighted by Gasteiger charge is -2.46. The van der Waals surface area contributed by atoms with Gasteiger partial charge >= 0.3 is 13.1 Å². The molecule has 5 heterocycles. The van der Waals surface area contributed by atoms with Gasteiger partial charge in [-0.3, -0.25) is 19.6 Å². The Morgan fingerprint density at radius 1 is 1.12 bits per heavy atom. The summed E-state index contributed by atoms with van der Waals surface area (Å²) >= 11 is 0. The summed E-state index contributed by atoms with van der Waals surface area (Å²) in [6, 6.07) is 7.20. The van der Waals surface area contributed by atoms with Crippen molar-refractivity contribution >= 4 is 41.2 Å². The summed E-state index contributed by atoms with van der Waals surface area (Å²) in [6.07, 6.45) is 3.50. The van der Waals surface area contributed by atoms with E-state index in [2.05, 4.69) is 94.2 Å². The molecule has 0 spiro atoms. The number of piperazine rings is 1. The number of aryl methyl sites for hydroxylation is 1. The van der Waals surface area contributed by atoms with Crippen LogP contribution in [0.15, 0.2) is 28.9 Å². The summed E-state index contributed by atoms with van der Waals surface area (Å²) in [4.78, 5) is 22.3. The molecule has 4 aliphatic rings. The first-order valence-electron chi connectivity index (χ1n) is 18.1. The third-order valence-corrected chi connectivity index (χ3v) is 11.4. The predicted octanol–water partition coefficient (Wildman–Crippen LogP) is 4.70. The topological polar surface area (TPSA) is 87.0 Å². The number of morpholine rings is 1. The lowest BCUT2D eigenvalue weighted by Crippen LogP contribution is -2.60. The van der Waals surface area contributed by atoms with Gasteiger partial charge in [-0.05, 0) is 71.5 Å². The normalized spacial score (nSPS) is 25.2. The van der Waals surface area contributed by atoms with Crippen LogP contribution in [0.2, 0.25) is 0 Å². The Bertz CT molecular complexity index is 1600. The standard InChI is InChI=1S/C38H57BN4O6/c1-11-43-33-13-12-27(39-48-37(6,7)38(8,9)49-39)18-30(33)32(20-36(4,5)24-47-26(3)44)35(43)31-19-28(21-40-34(31)25(2)45-10)42-15-14-41-16-17-46-23-29(41)22-42/h12-13,18,21,25,28-29H,11,14-17,19-20,22-24H2,1-10H3/t25-,28?,29-/m0/s1. The van der Waals surface area contributed by atoms with Crippen molar-refractivity contribution in [1.82, 2.24) is 14.4 Å². The van der Waals surface area contributed by atoms with Crippen molar-refractivity contribution in [2.24, 2.45) is 10.4 Å². The Morgan fingerprint density at radius 3 is 2.51 bits per heavy atom. The average molecular weight is 677 g/mol. The molecule has 1 aromatic heterocycles. The van der Waals surface area contributed by atoms with Crippen molar-refractivity contribution < 1.29 is 28.3 Å². The van der Waals surface area contributed by atoms with Crippen LogP contribution in [0.25, 0.3) is 16.5 Å². The average Bonchev–Trinajstić information content (AvgIpc) is 3.49. The molecule has 0 aliphatic carbocycles. The molecule has 1 unspecified atom stereocenters. The number of aliphatic imine (C=N–C) groups is 1. The number of rotatable bonds is 10. The molecule has 4 aliphatic heterocycles. The van der Waals surface area contributed by atoms with E-state index in [0.717, 1.165) is 74.4 Å². The van der Waals surface area contributed by atoms with Crippen LogP contribution in [-0.4, -0.2) is 116 Å². The second-order valence-corrected chi connectivity index (χ2v) is 16.1. The Hall–Kier alpha value is -2.54. The van der Waals surface area contributed by atoms with E-state index in [1.54, 1.807) is 7.11 Å². The minimum Gasteiger partial charge on any atom is -0.465 e. The third-order valence-electron chi connectivity index (χ3n) is 11.4. The highest BCUT2D eigenvalue weighted by Gasteiger charge is 2.52. The number of benzene rings is 1. The van der Waals surface area contributed by atoms with Crippen molar-refractivity contribution in [3.8, 4) is 0 Å². The molecule has 0 bridgehead atoms. The molecule has 3 fully saturated rings. The number of carbonyl (C=O) groups excluding carboxylic acids is 1. The van der Waals surface area contributed by atoms with Gasteiger partial charge in [-0.25, -0.2) is 0 Å². The summed E-state index contributed by atoms with van der Waals surface area (Å²) < 4.78 is 32.9. The number of hydrogen-bond donors (Lipinski definition) is 0. The number of nitrogens with zero attached hydrogens (tertiary/aromatic N) is 4. The van der Waals surface area contributed by atoms with E-state index in [0.29, 0.717) is 19.1 Å². The summed E-state index contributed by atoms with van der Waals surface area (Å²) in [5.41, 5.74) is 5.56. The molecule has 268 valence electrons. The Morgan fingerprint density at radius 2 is 1.84 bits per heavy atom. The van der Waals surface area contributed by atoms with Gasteiger partial charge < -0.3 is 28.1 Å². The Balaban J connectivity index is 1.47. The molecule has 6 rings (SSSR count). The molecule has 1 aromatic carbocycles. The smallest absolute Gasteiger partial charge is 0.465 e. The third kappa shape index (κ3) is 7.17. The molecule has 10 nitrogen and oxygen atoms in total. The van der Waals surface area contributed by atoms with Crippen molar-refractivity contribution in [2.45, 2.75) is 111 Å². The van der Waals surface area contributed by atoms with Crippen LogP contribution in [0, 0.1) is 5.41 Å². The second-order valence-electron chi connectivity index (χ2n) is 16.1. The van der Waals surface area contributed by atoms with Crippen molar-refractivity contribution in [1.29, 1.82) is 0 Å². The fourth-order valence-corrected chi connectivity index (χ4v) is 7.83. The first-order chi connectivity index (χ1) is 23.1. The number of methoxy groups -OCH3 is 1. The molecule has 0 radical (unpaired) electrons. The Kier molecular flexibility index (Phi) is 10.3. The van der Waals surface area contributed by atoms with Crippen LogP contribution in [0.5, 0.6) is 0 Å². The van der Waals surface area contributed by atoms with Gasteiger partial charge in [-0.15, -0.1) is 0 Å². The number of carbonyl (C=O) groups is 1. The molecular formula is C38H57BN4O6. The lowest BCUT2D eigenvalue weighted by molar-refractivity contribution is -0.143. The number of ether oxygens (including phenoxy) is 3. The number of fused-ring (bicyclic) bond motifs is 2. The van der Waals surface area contributed by atoms with Crippen LogP contribution < -0.4 is 5.46 Å². The highest BCUT2D eigenvalue weighted by Crippen LogP contribution is 2.42. The zero-order valence-corrected chi connectivity index (χ0v) is 31.4. The van der Waals surface area contributed by atoms with Crippen molar-refractivity contribution in [3.05, 3.63) is 35.2 Å². The van der Waals surface area contributed by atoms with E-state index in [1.165, 1.54) is 23.8 Å². The maximum atomic E-state index is 11.9. The van der Waals surface area contributed by atoms with E-state index in [4.69, 9.17) is 28.5 Å². The van der Waals surface area contributed by atoms with Gasteiger partial charge in [0.1, 0.15) is 0 Å². The first-order valence-corrected chi connectivity index (χ1v) is 18.1. The molecule has 0 saturated carbocycles. The summed E-state index contributed by atoms with van der Waals surface area (Å²) in [6.45, 7) is 25.2. The molecule has 49 heavy (non-hydrogen) atoms. The number of esters is 1. The largest absolute Gasteiger partial charge is 0.494 e. The Labute approximate surface area is 293 Å². The van der Waals surface area contributed by atoms with Crippen LogP contribution in [0.4, 0.5) is 0 Å². The molecular weight excluding hydrogens is 619 g/mol.